The first-order valence-corrected chi connectivity index (χ1v) is 6.45. The highest BCUT2D eigenvalue weighted by Crippen LogP contribution is 2.24. The molecule has 5 heteroatoms. The normalized spacial score (nSPS) is 13.3. The maximum absolute atomic E-state index is 13.7. The van der Waals surface area contributed by atoms with Crippen molar-refractivity contribution in [3.8, 4) is 5.75 Å². The van der Waals surface area contributed by atoms with Crippen molar-refractivity contribution in [1.29, 1.82) is 0 Å². The summed E-state index contributed by atoms with van der Waals surface area (Å²) >= 11 is 0. The molecule has 0 aliphatic carbocycles. The lowest BCUT2D eigenvalue weighted by Gasteiger charge is -2.30. The molecular weight excluding hydrogens is 263 g/mol. The average molecular weight is 283 g/mol. The van der Waals surface area contributed by atoms with Gasteiger partial charge in [-0.2, -0.15) is 0 Å². The molecule has 0 amide bonds. The topological polar surface area (TPSA) is 58.6 Å². The van der Waals surface area contributed by atoms with Crippen LogP contribution in [0, 0.1) is 11.7 Å². The maximum Gasteiger partial charge on any atom is 0.202 e. The van der Waals surface area contributed by atoms with E-state index in [-0.39, 0.29) is 17.2 Å². The zero-order valence-electron chi connectivity index (χ0n) is 12.4. The van der Waals surface area contributed by atoms with E-state index in [0.29, 0.717) is 0 Å². The minimum atomic E-state index is -1.38. The number of benzene rings is 1. The minimum absolute atomic E-state index is 0.0276. The van der Waals surface area contributed by atoms with Crippen LogP contribution in [-0.2, 0) is 4.74 Å². The zero-order valence-corrected chi connectivity index (χ0v) is 12.4. The molecule has 1 rings (SSSR count). The average Bonchev–Trinajstić information content (AvgIpc) is 2.28. The summed E-state index contributed by atoms with van der Waals surface area (Å²) in [6, 6.07) is 3.27. The standard InChI is InChI=1S/C15H21FO4/c1-9(2)14(20-15(3,4)5)19-12-8-10(13(17)18)6-7-11(12)16/h6-9,14H,1-5H3,(H,17,18)/p-1. The van der Waals surface area contributed by atoms with Gasteiger partial charge < -0.3 is 19.4 Å². The van der Waals surface area contributed by atoms with Crippen molar-refractivity contribution < 1.29 is 23.8 Å². The Morgan fingerprint density at radius 2 is 1.90 bits per heavy atom. The molecule has 0 saturated carbocycles. The van der Waals surface area contributed by atoms with E-state index in [9.17, 15) is 14.3 Å². The Kier molecular flexibility index (Phi) is 5.11. The van der Waals surface area contributed by atoms with E-state index in [2.05, 4.69) is 0 Å². The number of carboxylic acids is 1. The van der Waals surface area contributed by atoms with E-state index in [1.54, 1.807) is 0 Å². The molecule has 0 bridgehead atoms. The van der Waals surface area contributed by atoms with Crippen LogP contribution >= 0.6 is 0 Å². The van der Waals surface area contributed by atoms with Crippen LogP contribution in [0.15, 0.2) is 18.2 Å². The second-order valence-corrected chi connectivity index (χ2v) is 5.89. The molecule has 1 unspecified atom stereocenters. The monoisotopic (exact) mass is 283 g/mol. The smallest absolute Gasteiger partial charge is 0.202 e. The summed E-state index contributed by atoms with van der Waals surface area (Å²) < 4.78 is 24.9. The molecule has 0 saturated heterocycles. The van der Waals surface area contributed by atoms with Gasteiger partial charge in [0.1, 0.15) is 0 Å². The molecule has 20 heavy (non-hydrogen) atoms. The van der Waals surface area contributed by atoms with Gasteiger partial charge >= 0.3 is 0 Å². The molecule has 0 aliphatic rings. The summed E-state index contributed by atoms with van der Waals surface area (Å²) in [6.07, 6.45) is -0.679. The van der Waals surface area contributed by atoms with E-state index in [4.69, 9.17) is 9.47 Å². The number of halogens is 1. The van der Waals surface area contributed by atoms with Crippen LogP contribution in [-0.4, -0.2) is 17.9 Å². The first kappa shape index (κ1) is 16.4. The fourth-order valence-corrected chi connectivity index (χ4v) is 1.49. The fraction of sp³-hybridized carbons (Fsp3) is 0.533. The molecule has 112 valence electrons. The van der Waals surface area contributed by atoms with Gasteiger partial charge in [0.15, 0.2) is 11.6 Å². The van der Waals surface area contributed by atoms with E-state index >= 15 is 0 Å². The van der Waals surface area contributed by atoms with E-state index in [0.717, 1.165) is 18.2 Å². The molecule has 0 fully saturated rings. The molecule has 0 radical (unpaired) electrons. The third-order valence-electron chi connectivity index (χ3n) is 2.42. The number of carbonyl (C=O) groups is 1. The Balaban J connectivity index is 2.99. The lowest BCUT2D eigenvalue weighted by Crippen LogP contribution is -2.35. The summed E-state index contributed by atoms with van der Waals surface area (Å²) in [5.74, 6) is -2.21. The quantitative estimate of drug-likeness (QED) is 0.778. The third-order valence-corrected chi connectivity index (χ3v) is 2.42. The van der Waals surface area contributed by atoms with Crippen LogP contribution in [0.2, 0.25) is 0 Å². The second kappa shape index (κ2) is 6.22. The van der Waals surface area contributed by atoms with Crippen LogP contribution in [0.3, 0.4) is 0 Å². The highest BCUT2D eigenvalue weighted by atomic mass is 19.1. The lowest BCUT2D eigenvalue weighted by atomic mass is 10.1. The first-order chi connectivity index (χ1) is 9.10. The number of hydrogen-bond donors (Lipinski definition) is 0. The summed E-state index contributed by atoms with van der Waals surface area (Å²) in [4.78, 5) is 10.8. The highest BCUT2D eigenvalue weighted by Gasteiger charge is 2.24. The molecule has 4 nitrogen and oxygen atoms in total. The Hall–Kier alpha value is -1.62. The van der Waals surface area contributed by atoms with Crippen LogP contribution in [0.4, 0.5) is 4.39 Å². The third kappa shape index (κ3) is 4.81. The largest absolute Gasteiger partial charge is 0.545 e. The number of carbonyl (C=O) groups excluding carboxylic acids is 1. The molecule has 0 N–H and O–H groups in total. The van der Waals surface area contributed by atoms with Gasteiger partial charge in [0.2, 0.25) is 6.29 Å². The summed E-state index contributed by atoms with van der Waals surface area (Å²) in [5, 5.41) is 10.8. The van der Waals surface area contributed by atoms with Crippen molar-refractivity contribution in [1.82, 2.24) is 0 Å². The molecule has 0 aliphatic heterocycles. The predicted molar refractivity (Wildman–Crippen MR) is 70.8 cm³/mol. The van der Waals surface area contributed by atoms with E-state index in [1.807, 2.05) is 34.6 Å². The van der Waals surface area contributed by atoms with Gasteiger partial charge in [-0.25, -0.2) is 4.39 Å². The minimum Gasteiger partial charge on any atom is -0.545 e. The number of carboxylic acid groups (broad SMARTS) is 1. The van der Waals surface area contributed by atoms with Crippen LogP contribution in [0.1, 0.15) is 45.0 Å². The van der Waals surface area contributed by atoms with E-state index < -0.39 is 23.7 Å². The summed E-state index contributed by atoms with van der Waals surface area (Å²) in [7, 11) is 0. The zero-order chi connectivity index (χ0) is 15.5. The predicted octanol–water partition coefficient (Wildman–Crippen LogP) is 2.37. The molecule has 1 atom stereocenters. The maximum atomic E-state index is 13.7. The van der Waals surface area contributed by atoms with Crippen molar-refractivity contribution >= 4 is 5.97 Å². The van der Waals surface area contributed by atoms with Gasteiger partial charge in [-0.1, -0.05) is 13.8 Å². The molecular formula is C15H20FO4-. The van der Waals surface area contributed by atoms with Gasteiger partial charge in [-0.15, -0.1) is 0 Å². The summed E-state index contributed by atoms with van der Waals surface area (Å²) in [5.41, 5.74) is -0.600. The van der Waals surface area contributed by atoms with Gasteiger partial charge in [0.05, 0.1) is 11.6 Å². The number of aromatic carboxylic acids is 1. The van der Waals surface area contributed by atoms with Gasteiger partial charge in [0, 0.05) is 11.5 Å². The van der Waals surface area contributed by atoms with Gasteiger partial charge in [-0.05, 0) is 39.0 Å². The lowest BCUT2D eigenvalue weighted by molar-refractivity contribution is -0.255. The van der Waals surface area contributed by atoms with Crippen molar-refractivity contribution in [3.63, 3.8) is 0 Å². The van der Waals surface area contributed by atoms with Crippen LogP contribution in [0.5, 0.6) is 5.75 Å². The Labute approximate surface area is 118 Å². The number of ether oxygens (including phenoxy) is 2. The molecule has 0 heterocycles. The van der Waals surface area contributed by atoms with Crippen LogP contribution in [0.25, 0.3) is 0 Å². The molecule has 1 aromatic carbocycles. The van der Waals surface area contributed by atoms with Gasteiger partial charge in [0.25, 0.3) is 0 Å². The second-order valence-electron chi connectivity index (χ2n) is 5.89. The van der Waals surface area contributed by atoms with Gasteiger partial charge in [-0.3, -0.25) is 0 Å². The fourth-order valence-electron chi connectivity index (χ4n) is 1.49. The van der Waals surface area contributed by atoms with Crippen molar-refractivity contribution in [2.75, 3.05) is 0 Å². The Bertz CT molecular complexity index is 477. The SMILES string of the molecule is CC(C)C(Oc1cc(C(=O)[O-])ccc1F)OC(C)(C)C. The number of rotatable bonds is 5. The van der Waals surface area contributed by atoms with E-state index in [1.165, 1.54) is 0 Å². The van der Waals surface area contributed by atoms with Crippen molar-refractivity contribution in [2.45, 2.75) is 46.5 Å². The number of hydrogen-bond acceptors (Lipinski definition) is 4. The van der Waals surface area contributed by atoms with Crippen LogP contribution < -0.4 is 9.84 Å². The molecule has 1 aromatic rings. The van der Waals surface area contributed by atoms with Crippen molar-refractivity contribution in [3.05, 3.63) is 29.6 Å². The molecule has 0 aromatic heterocycles. The van der Waals surface area contributed by atoms with Crippen molar-refractivity contribution in [2.24, 2.45) is 5.92 Å². The Morgan fingerprint density at radius 3 is 2.35 bits per heavy atom. The highest BCUT2D eigenvalue weighted by molar-refractivity contribution is 5.86. The first-order valence-electron chi connectivity index (χ1n) is 6.45. The summed E-state index contributed by atoms with van der Waals surface area (Å²) in [6.45, 7) is 9.33. The molecule has 0 spiro atoms. The Morgan fingerprint density at radius 1 is 1.30 bits per heavy atom.